The van der Waals surface area contributed by atoms with Crippen LogP contribution in [0.15, 0.2) is 52.9 Å². The van der Waals surface area contributed by atoms with Gasteiger partial charge in [-0.05, 0) is 55.6 Å². The predicted molar refractivity (Wildman–Crippen MR) is 119 cm³/mol. The summed E-state index contributed by atoms with van der Waals surface area (Å²) in [4.78, 5) is 15.2. The molecule has 1 amide bonds. The molecule has 7 nitrogen and oxygen atoms in total. The number of amides is 1. The van der Waals surface area contributed by atoms with E-state index >= 15 is 0 Å². The van der Waals surface area contributed by atoms with Crippen molar-refractivity contribution in [2.45, 2.75) is 32.7 Å². The van der Waals surface area contributed by atoms with Gasteiger partial charge in [-0.2, -0.15) is 0 Å². The van der Waals surface area contributed by atoms with Gasteiger partial charge in [0, 0.05) is 25.5 Å². The molecular weight excluding hydrogens is 392 g/mol. The Hall–Kier alpha value is -3.19. The van der Waals surface area contributed by atoms with Crippen LogP contribution >= 0.6 is 0 Å². The predicted octanol–water partition coefficient (Wildman–Crippen LogP) is 4.29. The van der Waals surface area contributed by atoms with Crippen molar-refractivity contribution in [2.24, 2.45) is 5.92 Å². The minimum atomic E-state index is -0.00123. The normalized spacial score (nSPS) is 15.0. The highest BCUT2D eigenvalue weighted by atomic mass is 16.5. The lowest BCUT2D eigenvalue weighted by Crippen LogP contribution is -2.34. The van der Waals surface area contributed by atoms with Gasteiger partial charge < -0.3 is 14.5 Å². The highest BCUT2D eigenvalue weighted by molar-refractivity contribution is 5.93. The molecule has 0 aliphatic carbocycles. The van der Waals surface area contributed by atoms with Crippen LogP contribution in [0.4, 0.5) is 5.69 Å². The van der Waals surface area contributed by atoms with Crippen LogP contribution in [0.5, 0.6) is 5.75 Å². The molecule has 0 radical (unpaired) electrons. The third-order valence-electron chi connectivity index (χ3n) is 5.68. The Morgan fingerprint density at radius 3 is 2.61 bits per heavy atom. The summed E-state index contributed by atoms with van der Waals surface area (Å²) in [5, 5.41) is 10.9. The number of piperidine rings is 1. The van der Waals surface area contributed by atoms with Crippen molar-refractivity contribution in [3.63, 3.8) is 0 Å². The summed E-state index contributed by atoms with van der Waals surface area (Å²) in [6.07, 6.45) is 2.56. The molecular formula is C24H28N4O3. The minimum Gasteiger partial charge on any atom is -0.495 e. The Balaban J connectivity index is 1.32. The van der Waals surface area contributed by atoms with Crippen LogP contribution in [0, 0.1) is 12.8 Å². The number of rotatable bonds is 7. The van der Waals surface area contributed by atoms with Crippen LogP contribution in [0.25, 0.3) is 11.5 Å². The molecule has 1 fully saturated rings. The zero-order valence-electron chi connectivity index (χ0n) is 18.0. The average Bonchev–Trinajstić information content (AvgIpc) is 3.22. The van der Waals surface area contributed by atoms with E-state index in [0.29, 0.717) is 35.6 Å². The first-order valence-electron chi connectivity index (χ1n) is 10.7. The fraction of sp³-hybridized carbons (Fsp3) is 0.375. The summed E-state index contributed by atoms with van der Waals surface area (Å²) in [5.74, 6) is 1.90. The summed E-state index contributed by atoms with van der Waals surface area (Å²) in [5.41, 5.74) is 2.69. The Bertz CT molecular complexity index is 1010. The number of nitrogens with one attached hydrogen (secondary N) is 1. The molecule has 31 heavy (non-hydrogen) atoms. The van der Waals surface area contributed by atoms with Gasteiger partial charge in [0.25, 0.3) is 0 Å². The molecule has 1 aromatic heterocycles. The first-order valence-corrected chi connectivity index (χ1v) is 10.7. The largest absolute Gasteiger partial charge is 0.495 e. The van der Waals surface area contributed by atoms with Gasteiger partial charge in [-0.25, -0.2) is 0 Å². The summed E-state index contributed by atoms with van der Waals surface area (Å²) in [6.45, 7) is 4.75. The highest BCUT2D eigenvalue weighted by Gasteiger charge is 2.22. The molecule has 0 atom stereocenters. The Labute approximate surface area is 182 Å². The quantitative estimate of drug-likeness (QED) is 0.614. The molecule has 162 valence electrons. The number of carbonyl (C=O) groups excluding carboxylic acids is 1. The average molecular weight is 421 g/mol. The molecule has 0 bridgehead atoms. The molecule has 2 heterocycles. The van der Waals surface area contributed by atoms with Crippen LogP contribution < -0.4 is 10.1 Å². The number of hydrogen-bond acceptors (Lipinski definition) is 6. The molecule has 1 N–H and O–H groups in total. The van der Waals surface area contributed by atoms with Gasteiger partial charge in [-0.1, -0.05) is 30.3 Å². The van der Waals surface area contributed by atoms with Crippen LogP contribution in [0.1, 0.15) is 30.7 Å². The number of nitrogens with zero attached hydrogens (tertiary/aromatic N) is 3. The van der Waals surface area contributed by atoms with Gasteiger partial charge in [0.05, 0.1) is 12.8 Å². The summed E-state index contributed by atoms with van der Waals surface area (Å²) >= 11 is 0. The van der Waals surface area contributed by atoms with E-state index in [-0.39, 0.29) is 5.91 Å². The van der Waals surface area contributed by atoms with Gasteiger partial charge >= 0.3 is 0 Å². The topological polar surface area (TPSA) is 80.5 Å². The third-order valence-corrected chi connectivity index (χ3v) is 5.68. The zero-order valence-corrected chi connectivity index (χ0v) is 18.0. The Morgan fingerprint density at radius 1 is 1.16 bits per heavy atom. The van der Waals surface area contributed by atoms with E-state index in [1.165, 1.54) is 5.56 Å². The van der Waals surface area contributed by atoms with Gasteiger partial charge in [0.15, 0.2) is 0 Å². The van der Waals surface area contributed by atoms with Gasteiger partial charge in [-0.15, -0.1) is 10.2 Å². The maximum Gasteiger partial charge on any atom is 0.247 e. The van der Waals surface area contributed by atoms with Crippen molar-refractivity contribution in [2.75, 3.05) is 25.5 Å². The molecule has 0 saturated carbocycles. The van der Waals surface area contributed by atoms with Gasteiger partial charge in [-0.3, -0.25) is 9.69 Å². The van der Waals surface area contributed by atoms with Crippen molar-refractivity contribution < 1.29 is 13.9 Å². The molecule has 0 unspecified atom stereocenters. The van der Waals surface area contributed by atoms with Crippen molar-refractivity contribution in [3.8, 4) is 17.2 Å². The first kappa shape index (κ1) is 21.1. The van der Waals surface area contributed by atoms with E-state index in [9.17, 15) is 4.79 Å². The van der Waals surface area contributed by atoms with E-state index in [1.54, 1.807) is 20.1 Å². The number of anilines is 1. The lowest BCUT2D eigenvalue weighted by atomic mass is 9.93. The second-order valence-electron chi connectivity index (χ2n) is 8.00. The van der Waals surface area contributed by atoms with E-state index in [4.69, 9.17) is 9.15 Å². The maximum atomic E-state index is 12.7. The number of aromatic nitrogens is 2. The van der Waals surface area contributed by atoms with Crippen LogP contribution in [-0.2, 0) is 11.3 Å². The molecule has 2 aromatic carbocycles. The lowest BCUT2D eigenvalue weighted by Gasteiger charge is -2.31. The highest BCUT2D eigenvalue weighted by Crippen LogP contribution is 2.31. The van der Waals surface area contributed by atoms with E-state index in [1.807, 2.05) is 18.2 Å². The fourth-order valence-electron chi connectivity index (χ4n) is 4.01. The standard InChI is InChI=1S/C24H28N4O3/c1-17-26-27-24(31-17)20-8-9-22(30-2)21(15-20)25-23(29)14-18-10-12-28(13-11-18)16-19-6-4-3-5-7-19/h3-9,15,18H,10-14,16H2,1-2H3,(H,25,29). The van der Waals surface area contributed by atoms with Crippen molar-refractivity contribution in [3.05, 3.63) is 60.0 Å². The number of likely N-dealkylation sites (tertiary alicyclic amines) is 1. The number of hydrogen-bond donors (Lipinski definition) is 1. The number of ether oxygens (including phenoxy) is 1. The van der Waals surface area contributed by atoms with E-state index in [0.717, 1.165) is 38.0 Å². The summed E-state index contributed by atoms with van der Waals surface area (Å²) in [7, 11) is 1.59. The molecule has 1 aliphatic rings. The zero-order chi connectivity index (χ0) is 21.6. The fourth-order valence-corrected chi connectivity index (χ4v) is 4.01. The molecule has 0 spiro atoms. The number of carbonyl (C=O) groups is 1. The Morgan fingerprint density at radius 2 is 1.94 bits per heavy atom. The van der Waals surface area contributed by atoms with Crippen LogP contribution in [-0.4, -0.2) is 41.2 Å². The molecule has 1 saturated heterocycles. The lowest BCUT2D eigenvalue weighted by molar-refractivity contribution is -0.117. The van der Waals surface area contributed by atoms with Crippen molar-refractivity contribution in [1.29, 1.82) is 0 Å². The smallest absolute Gasteiger partial charge is 0.247 e. The first-order chi connectivity index (χ1) is 15.1. The van der Waals surface area contributed by atoms with Crippen molar-refractivity contribution >= 4 is 11.6 Å². The molecule has 4 rings (SSSR count). The Kier molecular flexibility index (Phi) is 6.62. The molecule has 3 aromatic rings. The van der Waals surface area contributed by atoms with Crippen LogP contribution in [0.3, 0.4) is 0 Å². The SMILES string of the molecule is COc1ccc(-c2nnc(C)o2)cc1NC(=O)CC1CCN(Cc2ccccc2)CC1. The van der Waals surface area contributed by atoms with Crippen LogP contribution in [0.2, 0.25) is 0 Å². The molecule has 1 aliphatic heterocycles. The molecule has 7 heteroatoms. The van der Waals surface area contributed by atoms with Gasteiger partial charge in [0.2, 0.25) is 17.7 Å². The second-order valence-corrected chi connectivity index (χ2v) is 8.00. The monoisotopic (exact) mass is 420 g/mol. The maximum absolute atomic E-state index is 12.7. The third kappa shape index (κ3) is 5.49. The number of benzene rings is 2. The summed E-state index contributed by atoms with van der Waals surface area (Å²) in [6, 6.07) is 16.0. The number of aryl methyl sites for hydroxylation is 1. The number of methoxy groups -OCH3 is 1. The van der Waals surface area contributed by atoms with E-state index in [2.05, 4.69) is 44.7 Å². The minimum absolute atomic E-state index is 0.00123. The second kappa shape index (κ2) is 9.75. The van der Waals surface area contributed by atoms with Gasteiger partial charge in [0.1, 0.15) is 5.75 Å². The van der Waals surface area contributed by atoms with E-state index < -0.39 is 0 Å². The van der Waals surface area contributed by atoms with Crippen molar-refractivity contribution in [1.82, 2.24) is 15.1 Å². The summed E-state index contributed by atoms with van der Waals surface area (Å²) < 4.78 is 10.9.